The maximum absolute atomic E-state index is 13.7. The van der Waals surface area contributed by atoms with Crippen molar-refractivity contribution in [1.82, 2.24) is 0 Å². The lowest BCUT2D eigenvalue weighted by Gasteiger charge is -2.09. The number of aryl methyl sites for hydroxylation is 2. The molecule has 0 heterocycles. The van der Waals surface area contributed by atoms with E-state index in [1.54, 1.807) is 6.07 Å². The fraction of sp³-hybridized carbons (Fsp3) is 0.250. The molecule has 0 aliphatic heterocycles. The van der Waals surface area contributed by atoms with Crippen LogP contribution in [0.5, 0.6) is 5.75 Å². The molecule has 0 unspecified atom stereocenters. The number of hydrogen-bond acceptors (Lipinski definition) is 2. The number of ether oxygens (including phenoxy) is 1. The normalized spacial score (nSPS) is 10.5. The van der Waals surface area contributed by atoms with E-state index >= 15 is 0 Å². The fourth-order valence-corrected chi connectivity index (χ4v) is 1.80. The highest BCUT2D eigenvalue weighted by atomic mass is 19.1. The topological polar surface area (TPSA) is 35.2 Å². The van der Waals surface area contributed by atoms with Crippen molar-refractivity contribution in [1.29, 1.82) is 0 Å². The van der Waals surface area contributed by atoms with Crippen molar-refractivity contribution in [3.8, 4) is 5.75 Å². The first kappa shape index (κ1) is 13.6. The molecule has 2 nitrogen and oxygen atoms in total. The number of nitrogens with two attached hydrogens (primary N) is 1. The largest absolute Gasteiger partial charge is 0.489 e. The van der Waals surface area contributed by atoms with Gasteiger partial charge in [-0.15, -0.1) is 0 Å². The Morgan fingerprint density at radius 3 is 2.47 bits per heavy atom. The molecule has 3 heteroatoms. The molecule has 100 valence electrons. The van der Waals surface area contributed by atoms with Crippen molar-refractivity contribution in [3.05, 3.63) is 64.5 Å². The lowest BCUT2D eigenvalue weighted by atomic mass is 10.1. The van der Waals surface area contributed by atoms with Crippen LogP contribution in [0.4, 0.5) is 4.39 Å². The second-order valence-corrected chi connectivity index (χ2v) is 4.66. The van der Waals surface area contributed by atoms with Crippen molar-refractivity contribution < 1.29 is 9.13 Å². The van der Waals surface area contributed by atoms with Crippen LogP contribution in [0.3, 0.4) is 0 Å². The van der Waals surface area contributed by atoms with Crippen molar-refractivity contribution in [3.63, 3.8) is 0 Å². The summed E-state index contributed by atoms with van der Waals surface area (Å²) in [6, 6.07) is 10.9. The molecule has 19 heavy (non-hydrogen) atoms. The maximum atomic E-state index is 13.7. The number of rotatable bonds is 4. The molecule has 2 aromatic rings. The van der Waals surface area contributed by atoms with Gasteiger partial charge < -0.3 is 10.5 Å². The molecular weight excluding hydrogens is 241 g/mol. The van der Waals surface area contributed by atoms with Gasteiger partial charge in [0.25, 0.3) is 0 Å². The van der Waals surface area contributed by atoms with Crippen LogP contribution >= 0.6 is 0 Å². The Labute approximate surface area is 113 Å². The van der Waals surface area contributed by atoms with Crippen LogP contribution in [-0.4, -0.2) is 0 Å². The third kappa shape index (κ3) is 3.32. The monoisotopic (exact) mass is 259 g/mol. The quantitative estimate of drug-likeness (QED) is 0.912. The summed E-state index contributed by atoms with van der Waals surface area (Å²) >= 11 is 0. The highest BCUT2D eigenvalue weighted by molar-refractivity contribution is 5.34. The second kappa shape index (κ2) is 5.85. The molecule has 0 saturated carbocycles. The zero-order chi connectivity index (χ0) is 13.8. The molecule has 0 fully saturated rings. The molecule has 2 aromatic carbocycles. The molecule has 0 saturated heterocycles. The second-order valence-electron chi connectivity index (χ2n) is 4.66. The molecule has 2 N–H and O–H groups in total. The van der Waals surface area contributed by atoms with Gasteiger partial charge in [-0.25, -0.2) is 4.39 Å². The van der Waals surface area contributed by atoms with Gasteiger partial charge in [0.2, 0.25) is 0 Å². The number of halogens is 1. The van der Waals surface area contributed by atoms with E-state index in [-0.39, 0.29) is 12.4 Å². The summed E-state index contributed by atoms with van der Waals surface area (Å²) in [5, 5.41) is 0. The molecule has 0 aliphatic carbocycles. The Kier molecular flexibility index (Phi) is 4.17. The summed E-state index contributed by atoms with van der Waals surface area (Å²) in [5.41, 5.74) is 9.17. The lowest BCUT2D eigenvalue weighted by Crippen LogP contribution is -2.02. The minimum Gasteiger partial charge on any atom is -0.489 e. The minimum absolute atomic E-state index is 0.221. The highest BCUT2D eigenvalue weighted by Gasteiger charge is 2.04. The lowest BCUT2D eigenvalue weighted by molar-refractivity contribution is 0.299. The van der Waals surface area contributed by atoms with Crippen molar-refractivity contribution in [2.45, 2.75) is 27.0 Å². The van der Waals surface area contributed by atoms with Crippen LogP contribution in [0.2, 0.25) is 0 Å². The van der Waals surface area contributed by atoms with Crippen LogP contribution < -0.4 is 10.5 Å². The van der Waals surface area contributed by atoms with E-state index in [9.17, 15) is 4.39 Å². The van der Waals surface area contributed by atoms with Gasteiger partial charge in [-0.3, -0.25) is 0 Å². The van der Waals surface area contributed by atoms with Gasteiger partial charge in [0.05, 0.1) is 0 Å². The predicted octanol–water partition coefficient (Wildman–Crippen LogP) is 3.48. The molecule has 0 aliphatic rings. The Balaban J connectivity index is 2.07. The van der Waals surface area contributed by atoms with E-state index in [0.29, 0.717) is 12.1 Å². The summed E-state index contributed by atoms with van der Waals surface area (Å²) in [6.45, 7) is 4.64. The minimum atomic E-state index is -0.271. The van der Waals surface area contributed by atoms with Gasteiger partial charge in [-0.1, -0.05) is 18.2 Å². The van der Waals surface area contributed by atoms with Gasteiger partial charge >= 0.3 is 0 Å². The first-order valence-electron chi connectivity index (χ1n) is 6.27. The summed E-state index contributed by atoms with van der Waals surface area (Å²) < 4.78 is 19.4. The molecule has 0 radical (unpaired) electrons. The van der Waals surface area contributed by atoms with E-state index < -0.39 is 0 Å². The average Bonchev–Trinajstić information content (AvgIpc) is 2.41. The van der Waals surface area contributed by atoms with E-state index in [4.69, 9.17) is 10.5 Å². The van der Waals surface area contributed by atoms with Crippen molar-refractivity contribution in [2.24, 2.45) is 5.73 Å². The number of hydrogen-bond donors (Lipinski definition) is 1. The fourth-order valence-electron chi connectivity index (χ4n) is 1.80. The third-order valence-electron chi connectivity index (χ3n) is 3.23. The SMILES string of the molecule is Cc1ccc(OCc2ccc(CN)cc2F)cc1C. The van der Waals surface area contributed by atoms with Crippen LogP contribution in [0.1, 0.15) is 22.3 Å². The van der Waals surface area contributed by atoms with Crippen LogP contribution in [0, 0.1) is 19.7 Å². The Bertz CT molecular complexity index is 581. The predicted molar refractivity (Wildman–Crippen MR) is 74.5 cm³/mol. The summed E-state index contributed by atoms with van der Waals surface area (Å²) in [7, 11) is 0. The first-order valence-corrected chi connectivity index (χ1v) is 6.27. The first-order chi connectivity index (χ1) is 9.10. The molecule has 0 bridgehead atoms. The molecule has 2 rings (SSSR count). The van der Waals surface area contributed by atoms with Crippen LogP contribution in [0.25, 0.3) is 0 Å². The van der Waals surface area contributed by atoms with Gasteiger partial charge in [0.1, 0.15) is 18.2 Å². The van der Waals surface area contributed by atoms with Crippen LogP contribution in [0.15, 0.2) is 36.4 Å². The van der Waals surface area contributed by atoms with Gasteiger partial charge in [0.15, 0.2) is 0 Å². The van der Waals surface area contributed by atoms with E-state index in [1.807, 2.05) is 38.1 Å². The Hall–Kier alpha value is -1.87. The van der Waals surface area contributed by atoms with E-state index in [0.717, 1.165) is 16.9 Å². The summed E-state index contributed by atoms with van der Waals surface area (Å²) in [6.07, 6.45) is 0. The Morgan fingerprint density at radius 1 is 1.05 bits per heavy atom. The van der Waals surface area contributed by atoms with Crippen molar-refractivity contribution >= 4 is 0 Å². The van der Waals surface area contributed by atoms with Crippen molar-refractivity contribution in [2.75, 3.05) is 0 Å². The molecule has 0 atom stereocenters. The summed E-state index contributed by atoms with van der Waals surface area (Å²) in [5.74, 6) is 0.484. The smallest absolute Gasteiger partial charge is 0.130 e. The Morgan fingerprint density at radius 2 is 1.84 bits per heavy atom. The summed E-state index contributed by atoms with van der Waals surface area (Å²) in [4.78, 5) is 0. The van der Waals surface area contributed by atoms with Gasteiger partial charge in [0, 0.05) is 12.1 Å². The number of benzene rings is 2. The van der Waals surface area contributed by atoms with Gasteiger partial charge in [-0.05, 0) is 48.7 Å². The maximum Gasteiger partial charge on any atom is 0.130 e. The molecule has 0 aromatic heterocycles. The molecular formula is C16H18FNO. The van der Waals surface area contributed by atoms with E-state index in [1.165, 1.54) is 11.6 Å². The highest BCUT2D eigenvalue weighted by Crippen LogP contribution is 2.19. The van der Waals surface area contributed by atoms with E-state index in [2.05, 4.69) is 0 Å². The zero-order valence-corrected chi connectivity index (χ0v) is 11.2. The standard InChI is InChI=1S/C16H18FNO/c1-11-3-6-15(7-12(11)2)19-10-14-5-4-13(9-18)8-16(14)17/h3-8H,9-10,18H2,1-2H3. The average molecular weight is 259 g/mol. The molecule has 0 amide bonds. The van der Waals surface area contributed by atoms with Crippen LogP contribution in [-0.2, 0) is 13.2 Å². The third-order valence-corrected chi connectivity index (χ3v) is 3.23. The molecule has 0 spiro atoms. The van der Waals surface area contributed by atoms with Gasteiger partial charge in [-0.2, -0.15) is 0 Å². The zero-order valence-electron chi connectivity index (χ0n) is 11.2.